The highest BCUT2D eigenvalue weighted by molar-refractivity contribution is 7.80. The summed E-state index contributed by atoms with van der Waals surface area (Å²) in [5.41, 5.74) is 6.64. The van der Waals surface area contributed by atoms with Crippen molar-refractivity contribution in [2.75, 3.05) is 32.7 Å². The van der Waals surface area contributed by atoms with Crippen LogP contribution in [0.3, 0.4) is 0 Å². The van der Waals surface area contributed by atoms with Gasteiger partial charge < -0.3 is 9.69 Å². The highest BCUT2D eigenvalue weighted by Gasteiger charge is 2.20. The Bertz CT molecular complexity index is 1050. The van der Waals surface area contributed by atoms with Crippen LogP contribution in [0.15, 0.2) is 34.2 Å². The van der Waals surface area contributed by atoms with Crippen molar-refractivity contribution in [2.24, 2.45) is 5.10 Å². The van der Waals surface area contributed by atoms with Gasteiger partial charge in [0.1, 0.15) is 6.29 Å². The summed E-state index contributed by atoms with van der Waals surface area (Å²) < 4.78 is 1.54. The van der Waals surface area contributed by atoms with Crippen LogP contribution in [0.2, 0.25) is 0 Å². The molecule has 0 amide bonds. The topological polar surface area (TPSA) is 85.7 Å². The highest BCUT2D eigenvalue weighted by atomic mass is 32.1. The lowest BCUT2D eigenvalue weighted by atomic mass is 9.87. The average Bonchev–Trinajstić information content (AvgIpc) is 3.06. The van der Waals surface area contributed by atoms with Crippen molar-refractivity contribution in [2.45, 2.75) is 40.0 Å². The van der Waals surface area contributed by atoms with Crippen molar-refractivity contribution in [1.29, 1.82) is 0 Å². The number of carbonyl (C=O) groups is 1. The first-order valence-electron chi connectivity index (χ1n) is 10.8. The van der Waals surface area contributed by atoms with E-state index in [1.165, 1.54) is 5.56 Å². The number of aromatic nitrogens is 2. The van der Waals surface area contributed by atoms with E-state index in [4.69, 9.17) is 12.2 Å². The number of aromatic amines is 1. The number of thiocarbonyl (C=S) groups is 1. The van der Waals surface area contributed by atoms with Crippen molar-refractivity contribution in [3.63, 3.8) is 0 Å². The fourth-order valence-electron chi connectivity index (χ4n) is 3.76. The van der Waals surface area contributed by atoms with E-state index < -0.39 is 0 Å². The molecule has 0 bridgehead atoms. The molecule has 32 heavy (non-hydrogen) atoms. The van der Waals surface area contributed by atoms with Crippen molar-refractivity contribution in [1.82, 2.24) is 25.0 Å². The van der Waals surface area contributed by atoms with E-state index in [1.54, 1.807) is 11.6 Å². The fraction of sp³-hybridized carbons (Fsp3) is 0.478. The molecule has 0 radical (unpaired) electrons. The Kier molecular flexibility index (Phi) is 7.30. The zero-order valence-electron chi connectivity index (χ0n) is 19.4. The summed E-state index contributed by atoms with van der Waals surface area (Å²) >= 11 is 5.46. The first-order valence-corrected chi connectivity index (χ1v) is 11.2. The molecule has 0 aliphatic carbocycles. The van der Waals surface area contributed by atoms with Gasteiger partial charge in [-0.15, -0.1) is 0 Å². The van der Waals surface area contributed by atoms with Gasteiger partial charge in [0.15, 0.2) is 5.11 Å². The van der Waals surface area contributed by atoms with Crippen LogP contribution >= 0.6 is 12.2 Å². The quantitative estimate of drug-likeness (QED) is 0.311. The number of hydrogen-bond donors (Lipinski definition) is 2. The third-order valence-corrected chi connectivity index (χ3v) is 6.09. The molecule has 0 atom stereocenters. The Balaban J connectivity index is 1.72. The van der Waals surface area contributed by atoms with Crippen molar-refractivity contribution < 1.29 is 4.79 Å². The summed E-state index contributed by atoms with van der Waals surface area (Å²) in [6.45, 7) is 13.6. The summed E-state index contributed by atoms with van der Waals surface area (Å²) in [5.74, 6) is 0. The Morgan fingerprint density at radius 1 is 1.19 bits per heavy atom. The molecule has 3 rings (SSSR count). The molecule has 1 aromatic carbocycles. The number of aryl methyl sites for hydroxylation is 1. The zero-order chi connectivity index (χ0) is 23.5. The van der Waals surface area contributed by atoms with Crippen LogP contribution in [0.4, 0.5) is 0 Å². The van der Waals surface area contributed by atoms with Gasteiger partial charge in [-0.1, -0.05) is 32.9 Å². The normalized spacial score (nSPS) is 15.7. The van der Waals surface area contributed by atoms with Gasteiger partial charge >= 0.3 is 0 Å². The maximum atomic E-state index is 13.1. The van der Waals surface area contributed by atoms with Crippen LogP contribution in [0.1, 0.15) is 44.5 Å². The number of nitrogens with zero attached hydrogens (tertiary/aromatic N) is 4. The molecule has 172 valence electrons. The van der Waals surface area contributed by atoms with Crippen molar-refractivity contribution in [3.05, 3.63) is 51.4 Å². The van der Waals surface area contributed by atoms with E-state index in [0.29, 0.717) is 22.9 Å². The standard InChI is InChI=1S/C23H32N6O2S/c1-16(24-25-22(32)28-12-10-27(11-13-28)14-15-30)20-17(2)26-29(21(20)31)19-8-6-18(7-9-19)23(3,4)5/h6-9,15,26H,10-14H2,1-5H3,(H,25,32). The Hall–Kier alpha value is -2.78. The van der Waals surface area contributed by atoms with Gasteiger partial charge in [-0.3, -0.25) is 20.2 Å². The maximum Gasteiger partial charge on any atom is 0.280 e. The van der Waals surface area contributed by atoms with Crippen LogP contribution in [0.5, 0.6) is 0 Å². The molecule has 1 aromatic heterocycles. The lowest BCUT2D eigenvalue weighted by Gasteiger charge is -2.34. The van der Waals surface area contributed by atoms with E-state index in [2.05, 4.69) is 41.3 Å². The largest absolute Gasteiger partial charge is 0.345 e. The highest BCUT2D eigenvalue weighted by Crippen LogP contribution is 2.23. The predicted octanol–water partition coefficient (Wildman–Crippen LogP) is 2.19. The summed E-state index contributed by atoms with van der Waals surface area (Å²) in [6, 6.07) is 8.00. The van der Waals surface area contributed by atoms with Crippen LogP contribution in [0.25, 0.3) is 5.69 Å². The molecule has 0 saturated carbocycles. The smallest absolute Gasteiger partial charge is 0.280 e. The fourth-order valence-corrected chi connectivity index (χ4v) is 3.99. The molecule has 8 nitrogen and oxygen atoms in total. The summed E-state index contributed by atoms with van der Waals surface area (Å²) in [5, 5.41) is 8.05. The van der Waals surface area contributed by atoms with Gasteiger partial charge in [0.05, 0.1) is 23.5 Å². The third-order valence-electron chi connectivity index (χ3n) is 5.74. The SMILES string of the molecule is CC(=NNC(=S)N1CCN(CC=O)CC1)c1c(C)[nH]n(-c2ccc(C(C)(C)C)cc2)c1=O. The predicted molar refractivity (Wildman–Crippen MR) is 132 cm³/mol. The molecule has 1 aliphatic rings. The monoisotopic (exact) mass is 456 g/mol. The first-order chi connectivity index (χ1) is 15.1. The summed E-state index contributed by atoms with van der Waals surface area (Å²) in [7, 11) is 0. The molecule has 0 unspecified atom stereocenters. The minimum Gasteiger partial charge on any atom is -0.345 e. The second kappa shape index (κ2) is 9.79. The lowest BCUT2D eigenvalue weighted by Crippen LogP contribution is -2.51. The van der Waals surface area contributed by atoms with E-state index in [0.717, 1.165) is 43.8 Å². The van der Waals surface area contributed by atoms with Gasteiger partial charge in [-0.2, -0.15) is 5.10 Å². The number of nitrogens with one attached hydrogen (secondary N) is 2. The van der Waals surface area contributed by atoms with Crippen molar-refractivity contribution >= 4 is 29.3 Å². The number of benzene rings is 1. The van der Waals surface area contributed by atoms with Crippen LogP contribution in [0, 0.1) is 6.92 Å². The number of piperazine rings is 1. The minimum atomic E-state index is -0.151. The molecule has 9 heteroatoms. The molecule has 2 N–H and O–H groups in total. The van der Waals surface area contributed by atoms with Crippen molar-refractivity contribution in [3.8, 4) is 5.69 Å². The number of rotatable bonds is 5. The summed E-state index contributed by atoms with van der Waals surface area (Å²) in [6.07, 6.45) is 0.921. The van der Waals surface area contributed by atoms with Gasteiger partial charge in [0, 0.05) is 31.9 Å². The average molecular weight is 457 g/mol. The number of H-pyrrole nitrogens is 1. The minimum absolute atomic E-state index is 0.0504. The number of aldehydes is 1. The molecule has 2 heterocycles. The van der Waals surface area contributed by atoms with Gasteiger partial charge in [0.25, 0.3) is 5.56 Å². The third kappa shape index (κ3) is 5.34. The van der Waals surface area contributed by atoms with Crippen LogP contribution < -0.4 is 11.0 Å². The molecular weight excluding hydrogens is 424 g/mol. The van der Waals surface area contributed by atoms with Gasteiger partial charge in [-0.05, 0) is 49.2 Å². The molecule has 1 aliphatic heterocycles. The number of carbonyl (C=O) groups excluding carboxylic acids is 1. The lowest BCUT2D eigenvalue weighted by molar-refractivity contribution is -0.109. The van der Waals surface area contributed by atoms with E-state index >= 15 is 0 Å². The molecule has 0 spiro atoms. The number of hydrazone groups is 1. The molecule has 1 saturated heterocycles. The molecular formula is C23H32N6O2S. The van der Waals surface area contributed by atoms with E-state index in [-0.39, 0.29) is 11.0 Å². The number of hydrogen-bond acceptors (Lipinski definition) is 5. The Morgan fingerprint density at radius 2 is 1.81 bits per heavy atom. The molecule has 2 aromatic rings. The van der Waals surface area contributed by atoms with Crippen LogP contribution in [-0.4, -0.2) is 69.4 Å². The van der Waals surface area contributed by atoms with E-state index in [9.17, 15) is 9.59 Å². The summed E-state index contributed by atoms with van der Waals surface area (Å²) in [4.78, 5) is 27.9. The Labute approximate surface area is 194 Å². The maximum absolute atomic E-state index is 13.1. The molecule has 1 fully saturated rings. The second-order valence-corrected chi connectivity index (χ2v) is 9.50. The van der Waals surface area contributed by atoms with Gasteiger partial charge in [0.2, 0.25) is 0 Å². The second-order valence-electron chi connectivity index (χ2n) is 9.12. The Morgan fingerprint density at radius 3 is 2.38 bits per heavy atom. The first kappa shape index (κ1) is 23.9. The van der Waals surface area contributed by atoms with E-state index in [1.807, 2.05) is 36.1 Å². The van der Waals surface area contributed by atoms with Gasteiger partial charge in [-0.25, -0.2) is 4.68 Å². The zero-order valence-corrected chi connectivity index (χ0v) is 20.3. The van der Waals surface area contributed by atoms with Crippen LogP contribution in [-0.2, 0) is 10.2 Å².